The molecule has 4 rings (SSSR count). The zero-order valence-electron chi connectivity index (χ0n) is 26.2. The van der Waals surface area contributed by atoms with E-state index in [4.69, 9.17) is 0 Å². The Bertz CT molecular complexity index is 1540. The second-order valence-corrected chi connectivity index (χ2v) is 14.0. The molecule has 8 heteroatoms. The van der Waals surface area contributed by atoms with Crippen molar-refractivity contribution >= 4 is 21.6 Å². The molecule has 228 valence electrons. The number of hydrogen-bond donors (Lipinski definition) is 1. The number of nitriles is 1. The lowest BCUT2D eigenvalue weighted by atomic mass is 9.89. The first-order chi connectivity index (χ1) is 20.4. The maximum absolute atomic E-state index is 14.4. The lowest BCUT2D eigenvalue weighted by Gasteiger charge is -2.37. The highest BCUT2D eigenvalue weighted by atomic mass is 32.2. The molecule has 0 bridgehead atoms. The van der Waals surface area contributed by atoms with Gasteiger partial charge in [-0.2, -0.15) is 9.98 Å². The predicted octanol–water partition coefficient (Wildman–Crippen LogP) is 6.17. The standard InChI is InChI=1S/C35H44N4O3S/c1-24(2)29-21-31(25(3)4)34(32(22-29)26(5)6)43(41,42)37-33(20-27-11-10-12-28(19-27)23-36)35(40)39-17-15-38(16-18-39)30-13-8-7-9-14-30/h7-14,19,21-22,24-26,33,37H,15-18,20H2,1-6H3/t33-/m0/s1. The van der Waals surface area contributed by atoms with Crippen molar-refractivity contribution in [3.63, 3.8) is 0 Å². The third-order valence-corrected chi connectivity index (χ3v) is 9.76. The molecule has 1 heterocycles. The number of amides is 1. The van der Waals surface area contributed by atoms with Crippen LogP contribution in [-0.2, 0) is 21.2 Å². The van der Waals surface area contributed by atoms with E-state index in [-0.39, 0.29) is 35.0 Å². The topological polar surface area (TPSA) is 93.5 Å². The second-order valence-electron chi connectivity index (χ2n) is 12.3. The maximum atomic E-state index is 14.4. The van der Waals surface area contributed by atoms with Crippen LogP contribution in [0, 0.1) is 11.3 Å². The van der Waals surface area contributed by atoms with Crippen LogP contribution in [0.2, 0.25) is 0 Å². The van der Waals surface area contributed by atoms with Crippen LogP contribution >= 0.6 is 0 Å². The van der Waals surface area contributed by atoms with Crippen molar-refractivity contribution in [1.29, 1.82) is 5.26 Å². The molecular formula is C35H44N4O3S. The van der Waals surface area contributed by atoms with E-state index in [1.807, 2.05) is 64.1 Å². The minimum Gasteiger partial charge on any atom is -0.368 e. The summed E-state index contributed by atoms with van der Waals surface area (Å²) in [5.74, 6) is -0.0729. The summed E-state index contributed by atoms with van der Waals surface area (Å²) in [5.41, 5.74) is 4.92. The summed E-state index contributed by atoms with van der Waals surface area (Å²) in [6.07, 6.45) is 0.143. The number of sulfonamides is 1. The predicted molar refractivity (Wildman–Crippen MR) is 173 cm³/mol. The first kappa shape index (κ1) is 32.2. The number of benzene rings is 3. The highest BCUT2D eigenvalue weighted by Crippen LogP contribution is 2.35. The van der Waals surface area contributed by atoms with Crippen molar-refractivity contribution < 1.29 is 13.2 Å². The van der Waals surface area contributed by atoms with Gasteiger partial charge in [0.05, 0.1) is 16.5 Å². The zero-order valence-corrected chi connectivity index (χ0v) is 27.0. The summed E-state index contributed by atoms with van der Waals surface area (Å²) in [5, 5.41) is 9.45. The average molecular weight is 601 g/mol. The van der Waals surface area contributed by atoms with Gasteiger partial charge in [-0.05, 0) is 70.7 Å². The van der Waals surface area contributed by atoms with Crippen molar-refractivity contribution in [3.8, 4) is 6.07 Å². The molecule has 1 saturated heterocycles. The molecule has 1 N–H and O–H groups in total. The van der Waals surface area contributed by atoms with Gasteiger partial charge < -0.3 is 9.80 Å². The third-order valence-electron chi connectivity index (χ3n) is 8.15. The van der Waals surface area contributed by atoms with E-state index in [1.165, 1.54) is 0 Å². The Morgan fingerprint density at radius 2 is 1.44 bits per heavy atom. The fourth-order valence-electron chi connectivity index (χ4n) is 5.67. The Morgan fingerprint density at radius 1 is 0.837 bits per heavy atom. The van der Waals surface area contributed by atoms with Gasteiger partial charge in [-0.3, -0.25) is 4.79 Å². The van der Waals surface area contributed by atoms with Crippen LogP contribution in [0.15, 0.2) is 71.6 Å². The smallest absolute Gasteiger partial charge is 0.241 e. The molecule has 1 atom stereocenters. The fraction of sp³-hybridized carbons (Fsp3) is 0.429. The molecular weight excluding hydrogens is 556 g/mol. The van der Waals surface area contributed by atoms with Gasteiger partial charge in [0, 0.05) is 31.9 Å². The lowest BCUT2D eigenvalue weighted by molar-refractivity contribution is -0.133. The molecule has 1 aliphatic rings. The molecule has 0 unspecified atom stereocenters. The minimum absolute atomic E-state index is 0.0321. The first-order valence-electron chi connectivity index (χ1n) is 15.2. The van der Waals surface area contributed by atoms with Gasteiger partial charge in [0.2, 0.25) is 15.9 Å². The first-order valence-corrected chi connectivity index (χ1v) is 16.7. The molecule has 3 aromatic carbocycles. The molecule has 0 aromatic heterocycles. The number of nitrogens with one attached hydrogen (secondary N) is 1. The van der Waals surface area contributed by atoms with E-state index >= 15 is 0 Å². The summed E-state index contributed by atoms with van der Waals surface area (Å²) in [6, 6.07) is 22.2. The fourth-order valence-corrected chi connectivity index (χ4v) is 7.56. The summed E-state index contributed by atoms with van der Waals surface area (Å²) < 4.78 is 31.6. The van der Waals surface area contributed by atoms with Gasteiger partial charge in [-0.25, -0.2) is 8.42 Å². The minimum atomic E-state index is -4.10. The molecule has 7 nitrogen and oxygen atoms in total. The van der Waals surface area contributed by atoms with Crippen molar-refractivity contribution in [2.45, 2.75) is 76.7 Å². The van der Waals surface area contributed by atoms with Crippen molar-refractivity contribution in [2.75, 3.05) is 31.1 Å². The van der Waals surface area contributed by atoms with Crippen molar-refractivity contribution in [3.05, 3.63) is 94.5 Å². The van der Waals surface area contributed by atoms with Crippen LogP contribution in [-0.4, -0.2) is 51.4 Å². The van der Waals surface area contributed by atoms with Crippen molar-refractivity contribution in [1.82, 2.24) is 9.62 Å². The van der Waals surface area contributed by atoms with Gasteiger partial charge in [0.1, 0.15) is 6.04 Å². The molecule has 43 heavy (non-hydrogen) atoms. The zero-order chi connectivity index (χ0) is 31.3. The van der Waals surface area contributed by atoms with E-state index < -0.39 is 16.1 Å². The Balaban J connectivity index is 1.70. The van der Waals surface area contributed by atoms with E-state index in [2.05, 4.69) is 41.7 Å². The Kier molecular flexibility index (Phi) is 10.3. The van der Waals surface area contributed by atoms with Gasteiger partial charge in [0.15, 0.2) is 0 Å². The molecule has 1 aliphatic heterocycles. The number of nitrogens with zero attached hydrogens (tertiary/aromatic N) is 3. The second kappa shape index (κ2) is 13.7. The van der Waals surface area contributed by atoms with Crippen LogP contribution < -0.4 is 9.62 Å². The molecule has 1 fully saturated rings. The Morgan fingerprint density at radius 3 is 1.98 bits per heavy atom. The molecule has 3 aromatic rings. The highest BCUT2D eigenvalue weighted by molar-refractivity contribution is 7.89. The normalized spacial score (nSPS) is 14.8. The molecule has 0 aliphatic carbocycles. The molecule has 1 amide bonds. The number of para-hydroxylation sites is 1. The Hall–Kier alpha value is -3.67. The van der Waals surface area contributed by atoms with Crippen LogP contribution in [0.5, 0.6) is 0 Å². The van der Waals surface area contributed by atoms with Crippen LogP contribution in [0.1, 0.15) is 87.1 Å². The summed E-state index contributed by atoms with van der Waals surface area (Å²) in [4.78, 5) is 18.4. The summed E-state index contributed by atoms with van der Waals surface area (Å²) in [6.45, 7) is 14.5. The highest BCUT2D eigenvalue weighted by Gasteiger charge is 2.34. The largest absolute Gasteiger partial charge is 0.368 e. The quantitative estimate of drug-likeness (QED) is 0.301. The van der Waals surface area contributed by atoms with Crippen LogP contribution in [0.3, 0.4) is 0 Å². The number of rotatable bonds is 10. The van der Waals surface area contributed by atoms with Crippen molar-refractivity contribution in [2.24, 2.45) is 0 Å². The number of carbonyl (C=O) groups excluding carboxylic acids is 1. The molecule has 0 spiro atoms. The average Bonchev–Trinajstić information content (AvgIpc) is 3.00. The monoisotopic (exact) mass is 600 g/mol. The SMILES string of the molecule is CC(C)c1cc(C(C)C)c(S(=O)(=O)N[C@@H](Cc2cccc(C#N)c2)C(=O)N2CCN(c3ccccc3)CC2)c(C(C)C)c1. The van der Waals surface area contributed by atoms with Gasteiger partial charge in [0.25, 0.3) is 0 Å². The van der Waals surface area contributed by atoms with E-state index in [1.54, 1.807) is 23.1 Å². The molecule has 0 radical (unpaired) electrons. The Labute approximate surface area is 257 Å². The number of hydrogen-bond acceptors (Lipinski definition) is 5. The van der Waals surface area contributed by atoms with Gasteiger partial charge in [-0.1, -0.05) is 84.0 Å². The maximum Gasteiger partial charge on any atom is 0.241 e. The summed E-state index contributed by atoms with van der Waals surface area (Å²) in [7, 11) is -4.10. The summed E-state index contributed by atoms with van der Waals surface area (Å²) >= 11 is 0. The lowest BCUT2D eigenvalue weighted by Crippen LogP contribution is -2.55. The number of piperazine rings is 1. The van der Waals surface area contributed by atoms with E-state index in [0.29, 0.717) is 31.7 Å². The molecule has 0 saturated carbocycles. The van der Waals surface area contributed by atoms with Crippen LogP contribution in [0.4, 0.5) is 5.69 Å². The van der Waals surface area contributed by atoms with Gasteiger partial charge >= 0.3 is 0 Å². The van der Waals surface area contributed by atoms with Crippen LogP contribution in [0.25, 0.3) is 0 Å². The van der Waals surface area contributed by atoms with Gasteiger partial charge in [-0.15, -0.1) is 0 Å². The van der Waals surface area contributed by atoms with E-state index in [9.17, 15) is 18.5 Å². The van der Waals surface area contributed by atoms with E-state index in [0.717, 1.165) is 27.9 Å². The number of anilines is 1. The third kappa shape index (κ3) is 7.65. The number of carbonyl (C=O) groups is 1.